The minimum atomic E-state index is -0.372. The molecule has 0 atom stereocenters. The molecule has 2 heterocycles. The molecular formula is C14H16ClN5O2. The lowest BCUT2D eigenvalue weighted by Crippen LogP contribution is -2.35. The van der Waals surface area contributed by atoms with E-state index in [2.05, 4.69) is 15.0 Å². The Morgan fingerprint density at radius 3 is 2.77 bits per heavy atom. The van der Waals surface area contributed by atoms with E-state index >= 15 is 0 Å². The lowest BCUT2D eigenvalue weighted by atomic mass is 9.96. The first kappa shape index (κ1) is 14.8. The Bertz CT molecular complexity index is 653. The molecule has 0 unspecified atom stereocenters. The third-order valence-corrected chi connectivity index (χ3v) is 4.24. The number of nitro groups is 1. The van der Waals surface area contributed by atoms with E-state index in [0.717, 1.165) is 32.5 Å². The molecule has 8 heteroatoms. The third-order valence-electron chi connectivity index (χ3n) is 4.00. The van der Waals surface area contributed by atoms with E-state index in [1.807, 2.05) is 4.68 Å². The van der Waals surface area contributed by atoms with Crippen molar-refractivity contribution < 1.29 is 4.92 Å². The van der Waals surface area contributed by atoms with E-state index < -0.39 is 0 Å². The Labute approximate surface area is 132 Å². The largest absolute Gasteiger partial charge is 0.366 e. The van der Waals surface area contributed by atoms with Crippen LogP contribution in [0.1, 0.15) is 12.8 Å². The third kappa shape index (κ3) is 3.19. The van der Waals surface area contributed by atoms with Crippen LogP contribution >= 0.6 is 11.6 Å². The van der Waals surface area contributed by atoms with Gasteiger partial charge in [-0.25, -0.2) is 4.98 Å². The van der Waals surface area contributed by atoms with E-state index in [9.17, 15) is 10.1 Å². The summed E-state index contributed by atoms with van der Waals surface area (Å²) in [7, 11) is 0. The van der Waals surface area contributed by atoms with Gasteiger partial charge in [0.05, 0.1) is 4.92 Å². The van der Waals surface area contributed by atoms with Gasteiger partial charge in [-0.1, -0.05) is 11.6 Å². The normalized spacial score (nSPS) is 16.0. The highest BCUT2D eigenvalue weighted by Crippen LogP contribution is 2.33. The molecule has 7 nitrogen and oxygen atoms in total. The number of aromatic nitrogens is 3. The Morgan fingerprint density at radius 1 is 1.36 bits per heavy atom. The number of hydrogen-bond acceptors (Lipinski definition) is 5. The minimum absolute atomic E-state index is 0.0715. The summed E-state index contributed by atoms with van der Waals surface area (Å²) in [6, 6.07) is 4.85. The van der Waals surface area contributed by atoms with Crippen molar-refractivity contribution in [2.75, 3.05) is 18.0 Å². The average Bonchev–Trinajstić information content (AvgIpc) is 3.01. The lowest BCUT2D eigenvalue weighted by Gasteiger charge is -2.33. The molecule has 0 spiro atoms. The summed E-state index contributed by atoms with van der Waals surface area (Å²) in [6.07, 6.45) is 5.20. The molecule has 116 valence electrons. The van der Waals surface area contributed by atoms with Crippen LogP contribution in [0.3, 0.4) is 0 Å². The first-order valence-corrected chi connectivity index (χ1v) is 7.52. The van der Waals surface area contributed by atoms with Crippen molar-refractivity contribution in [1.29, 1.82) is 0 Å². The summed E-state index contributed by atoms with van der Waals surface area (Å²) in [5.74, 6) is 0.518. The van der Waals surface area contributed by atoms with Gasteiger partial charge in [0.25, 0.3) is 5.69 Å². The number of rotatable bonds is 4. The molecule has 0 saturated carbocycles. The van der Waals surface area contributed by atoms with Crippen LogP contribution in [0.4, 0.5) is 11.4 Å². The van der Waals surface area contributed by atoms with Crippen molar-refractivity contribution in [3.05, 3.63) is 46.0 Å². The van der Waals surface area contributed by atoms with E-state index in [4.69, 9.17) is 11.6 Å². The second-order valence-corrected chi connectivity index (χ2v) is 5.87. The van der Waals surface area contributed by atoms with Crippen molar-refractivity contribution in [2.24, 2.45) is 5.92 Å². The molecule has 22 heavy (non-hydrogen) atoms. The fourth-order valence-electron chi connectivity index (χ4n) is 2.86. The van der Waals surface area contributed by atoms with Gasteiger partial charge in [0.1, 0.15) is 18.3 Å². The predicted octanol–water partition coefficient (Wildman–Crippen LogP) is 2.76. The highest BCUT2D eigenvalue weighted by atomic mass is 35.5. The second-order valence-electron chi connectivity index (χ2n) is 5.44. The first-order chi connectivity index (χ1) is 10.6. The Morgan fingerprint density at radius 2 is 2.14 bits per heavy atom. The van der Waals surface area contributed by atoms with Crippen molar-refractivity contribution in [1.82, 2.24) is 14.8 Å². The summed E-state index contributed by atoms with van der Waals surface area (Å²) in [4.78, 5) is 16.8. The van der Waals surface area contributed by atoms with Gasteiger partial charge in [-0.2, -0.15) is 5.10 Å². The van der Waals surface area contributed by atoms with Gasteiger partial charge >= 0.3 is 0 Å². The van der Waals surface area contributed by atoms with E-state index in [1.54, 1.807) is 18.5 Å². The van der Waals surface area contributed by atoms with E-state index in [1.165, 1.54) is 12.4 Å². The zero-order valence-corrected chi connectivity index (χ0v) is 12.7. The molecule has 0 bridgehead atoms. The molecule has 1 aromatic carbocycles. The van der Waals surface area contributed by atoms with Gasteiger partial charge in [0.2, 0.25) is 0 Å². The zero-order valence-electron chi connectivity index (χ0n) is 11.9. The molecule has 2 aromatic rings. The lowest BCUT2D eigenvalue weighted by molar-refractivity contribution is -0.384. The van der Waals surface area contributed by atoms with Crippen LogP contribution in [-0.2, 0) is 6.54 Å². The molecule has 0 amide bonds. The molecule has 3 rings (SSSR count). The summed E-state index contributed by atoms with van der Waals surface area (Å²) in [5.41, 5.74) is 0.718. The average molecular weight is 322 g/mol. The van der Waals surface area contributed by atoms with Crippen LogP contribution in [-0.4, -0.2) is 32.8 Å². The van der Waals surface area contributed by atoms with Gasteiger partial charge in [0, 0.05) is 30.7 Å². The molecule has 1 aliphatic rings. The van der Waals surface area contributed by atoms with Crippen LogP contribution in [0.2, 0.25) is 5.02 Å². The number of nitro benzene ring substituents is 1. The van der Waals surface area contributed by atoms with Crippen molar-refractivity contribution in [3.63, 3.8) is 0 Å². The monoisotopic (exact) mass is 321 g/mol. The summed E-state index contributed by atoms with van der Waals surface area (Å²) in [6.45, 7) is 2.43. The summed E-state index contributed by atoms with van der Waals surface area (Å²) >= 11 is 5.86. The molecule has 0 N–H and O–H groups in total. The van der Waals surface area contributed by atoms with Gasteiger partial charge in [-0.3, -0.25) is 14.8 Å². The van der Waals surface area contributed by atoms with Crippen molar-refractivity contribution in [2.45, 2.75) is 19.4 Å². The molecule has 1 aliphatic heterocycles. The molecule has 1 saturated heterocycles. The van der Waals surface area contributed by atoms with Gasteiger partial charge < -0.3 is 4.90 Å². The molecule has 1 aromatic heterocycles. The quantitative estimate of drug-likeness (QED) is 0.639. The fraction of sp³-hybridized carbons (Fsp3) is 0.429. The maximum absolute atomic E-state index is 11.2. The first-order valence-electron chi connectivity index (χ1n) is 7.15. The smallest absolute Gasteiger partial charge is 0.294 e. The molecular weight excluding hydrogens is 306 g/mol. The van der Waals surface area contributed by atoms with E-state index in [0.29, 0.717) is 16.6 Å². The van der Waals surface area contributed by atoms with Crippen LogP contribution in [0, 0.1) is 16.0 Å². The van der Waals surface area contributed by atoms with Crippen molar-refractivity contribution in [3.8, 4) is 0 Å². The standard InChI is InChI=1S/C14H16ClN5O2/c15-12-1-2-13(14(7-12)20(21)22)18-5-3-11(4-6-18)8-19-10-16-9-17-19/h1-2,7,9-11H,3-6,8H2. The van der Waals surface area contributed by atoms with Crippen LogP contribution in [0.5, 0.6) is 0 Å². The Kier molecular flexibility index (Phi) is 4.24. The number of piperidine rings is 1. The molecule has 0 radical (unpaired) electrons. The number of benzene rings is 1. The zero-order chi connectivity index (χ0) is 15.5. The SMILES string of the molecule is O=[N+]([O-])c1cc(Cl)ccc1N1CCC(Cn2cncn2)CC1. The van der Waals surface area contributed by atoms with Crippen LogP contribution in [0.15, 0.2) is 30.9 Å². The number of halogens is 1. The maximum Gasteiger partial charge on any atom is 0.294 e. The van der Waals surface area contributed by atoms with Gasteiger partial charge in [0.15, 0.2) is 0 Å². The van der Waals surface area contributed by atoms with E-state index in [-0.39, 0.29) is 10.6 Å². The summed E-state index contributed by atoms with van der Waals surface area (Å²) in [5, 5.41) is 15.7. The Hall–Kier alpha value is -2.15. The van der Waals surface area contributed by atoms with Crippen molar-refractivity contribution >= 4 is 23.0 Å². The number of anilines is 1. The van der Waals surface area contributed by atoms with Gasteiger partial charge in [-0.15, -0.1) is 0 Å². The molecule has 1 fully saturated rings. The molecule has 0 aliphatic carbocycles. The fourth-order valence-corrected chi connectivity index (χ4v) is 3.02. The Balaban J connectivity index is 1.67. The number of nitrogens with zero attached hydrogens (tertiary/aromatic N) is 5. The number of hydrogen-bond donors (Lipinski definition) is 0. The maximum atomic E-state index is 11.2. The topological polar surface area (TPSA) is 77.1 Å². The summed E-state index contributed by atoms with van der Waals surface area (Å²) < 4.78 is 1.84. The highest BCUT2D eigenvalue weighted by molar-refractivity contribution is 6.30. The minimum Gasteiger partial charge on any atom is -0.366 e. The second kappa shape index (κ2) is 6.31. The predicted molar refractivity (Wildman–Crippen MR) is 83.1 cm³/mol. The highest BCUT2D eigenvalue weighted by Gasteiger charge is 2.25. The van der Waals surface area contributed by atoms with Crippen LogP contribution in [0.25, 0.3) is 0 Å². The van der Waals surface area contributed by atoms with Crippen LogP contribution < -0.4 is 4.90 Å². The van der Waals surface area contributed by atoms with Gasteiger partial charge in [-0.05, 0) is 30.9 Å².